The summed E-state index contributed by atoms with van der Waals surface area (Å²) in [5.74, 6) is -1.15. The zero-order valence-electron chi connectivity index (χ0n) is 11.9. The van der Waals surface area contributed by atoms with Crippen molar-refractivity contribution in [3.63, 3.8) is 0 Å². The minimum absolute atomic E-state index is 0.00306. The Kier molecular flexibility index (Phi) is 5.31. The number of amides is 1. The van der Waals surface area contributed by atoms with E-state index in [0.717, 1.165) is 24.8 Å². The van der Waals surface area contributed by atoms with Crippen molar-refractivity contribution in [2.24, 2.45) is 0 Å². The number of likely N-dealkylation sites (tertiary alicyclic amines) is 1. The summed E-state index contributed by atoms with van der Waals surface area (Å²) in [6, 6.07) is 5.94. The molecule has 1 N–H and O–H groups in total. The van der Waals surface area contributed by atoms with Gasteiger partial charge in [0, 0.05) is 19.0 Å². The van der Waals surface area contributed by atoms with Crippen LogP contribution in [0.1, 0.15) is 37.7 Å². The summed E-state index contributed by atoms with van der Waals surface area (Å²) in [5, 5.41) is 8.79. The third-order valence-corrected chi connectivity index (χ3v) is 3.91. The van der Waals surface area contributed by atoms with Crippen molar-refractivity contribution in [2.45, 2.75) is 44.6 Å². The number of rotatable bonds is 5. The van der Waals surface area contributed by atoms with E-state index in [0.29, 0.717) is 13.0 Å². The summed E-state index contributed by atoms with van der Waals surface area (Å²) >= 11 is 0. The van der Waals surface area contributed by atoms with Gasteiger partial charge >= 0.3 is 5.97 Å². The number of benzene rings is 1. The number of carbonyl (C=O) groups is 2. The van der Waals surface area contributed by atoms with E-state index in [1.54, 1.807) is 17.0 Å². The topological polar surface area (TPSA) is 57.6 Å². The van der Waals surface area contributed by atoms with Crippen LogP contribution in [0.15, 0.2) is 24.3 Å². The molecule has 21 heavy (non-hydrogen) atoms. The molecule has 4 nitrogen and oxygen atoms in total. The monoisotopic (exact) mass is 293 g/mol. The molecule has 0 bridgehead atoms. The summed E-state index contributed by atoms with van der Waals surface area (Å²) < 4.78 is 12.9. The van der Waals surface area contributed by atoms with E-state index in [1.807, 2.05) is 0 Å². The third kappa shape index (κ3) is 4.55. The van der Waals surface area contributed by atoms with Crippen molar-refractivity contribution >= 4 is 11.9 Å². The predicted molar refractivity (Wildman–Crippen MR) is 76.3 cm³/mol. The summed E-state index contributed by atoms with van der Waals surface area (Å²) in [7, 11) is 0. The molecule has 1 atom stereocenters. The highest BCUT2D eigenvalue weighted by Gasteiger charge is 2.26. The van der Waals surface area contributed by atoms with Gasteiger partial charge < -0.3 is 10.0 Å². The first kappa shape index (κ1) is 15.5. The van der Waals surface area contributed by atoms with Crippen LogP contribution in [0, 0.1) is 5.82 Å². The lowest BCUT2D eigenvalue weighted by Gasteiger charge is -2.35. The molecule has 1 fully saturated rings. The molecule has 114 valence electrons. The maximum absolute atomic E-state index is 12.9. The fourth-order valence-corrected chi connectivity index (χ4v) is 2.80. The van der Waals surface area contributed by atoms with Gasteiger partial charge in [-0.3, -0.25) is 9.59 Å². The van der Waals surface area contributed by atoms with Crippen LogP contribution in [0.2, 0.25) is 0 Å². The Morgan fingerprint density at radius 2 is 1.95 bits per heavy atom. The van der Waals surface area contributed by atoms with Crippen LogP contribution in [0.4, 0.5) is 4.39 Å². The van der Waals surface area contributed by atoms with Crippen LogP contribution in [-0.4, -0.2) is 34.5 Å². The van der Waals surface area contributed by atoms with Crippen molar-refractivity contribution in [1.82, 2.24) is 4.90 Å². The maximum atomic E-state index is 12.9. The number of hydrogen-bond donors (Lipinski definition) is 1. The number of aliphatic carboxylic acids is 1. The SMILES string of the molecule is O=C(O)CCC1CCCCN1C(=O)Cc1ccc(F)cc1. The maximum Gasteiger partial charge on any atom is 0.303 e. The molecule has 0 radical (unpaired) electrons. The second-order valence-electron chi connectivity index (χ2n) is 5.47. The van der Waals surface area contributed by atoms with Gasteiger partial charge in [0.15, 0.2) is 0 Å². The van der Waals surface area contributed by atoms with E-state index in [9.17, 15) is 14.0 Å². The normalized spacial score (nSPS) is 18.5. The minimum atomic E-state index is -0.827. The fraction of sp³-hybridized carbons (Fsp3) is 0.500. The molecule has 1 heterocycles. The standard InChI is InChI=1S/C16H20FNO3/c17-13-6-4-12(5-7-13)11-15(19)18-10-2-1-3-14(18)8-9-16(20)21/h4-7,14H,1-3,8-11H2,(H,20,21). The van der Waals surface area contributed by atoms with Gasteiger partial charge in [-0.2, -0.15) is 0 Å². The molecule has 0 aromatic heterocycles. The molecule has 1 aromatic carbocycles. The molecule has 2 rings (SSSR count). The predicted octanol–water partition coefficient (Wildman–Crippen LogP) is 2.61. The van der Waals surface area contributed by atoms with Crippen LogP contribution >= 0.6 is 0 Å². The average molecular weight is 293 g/mol. The number of nitrogens with zero attached hydrogens (tertiary/aromatic N) is 1. The van der Waals surface area contributed by atoms with Crippen LogP contribution in [-0.2, 0) is 16.0 Å². The van der Waals surface area contributed by atoms with Gasteiger partial charge in [0.2, 0.25) is 5.91 Å². The molecule has 0 spiro atoms. The molecule has 5 heteroatoms. The van der Waals surface area contributed by atoms with Gasteiger partial charge in [0.05, 0.1) is 6.42 Å². The van der Waals surface area contributed by atoms with Gasteiger partial charge in [0.25, 0.3) is 0 Å². The Bertz CT molecular complexity index is 501. The first-order valence-corrected chi connectivity index (χ1v) is 7.32. The van der Waals surface area contributed by atoms with Gasteiger partial charge in [-0.25, -0.2) is 4.39 Å². The lowest BCUT2D eigenvalue weighted by Crippen LogP contribution is -2.44. The molecule has 1 amide bonds. The second-order valence-corrected chi connectivity index (χ2v) is 5.47. The molecular formula is C16H20FNO3. The quantitative estimate of drug-likeness (QED) is 0.908. The number of carboxylic acids is 1. The van der Waals surface area contributed by atoms with Gasteiger partial charge in [-0.05, 0) is 43.4 Å². The first-order valence-electron chi connectivity index (χ1n) is 7.32. The van der Waals surface area contributed by atoms with Crippen molar-refractivity contribution in [1.29, 1.82) is 0 Å². The highest BCUT2D eigenvalue weighted by molar-refractivity contribution is 5.79. The summed E-state index contributed by atoms with van der Waals surface area (Å²) in [6.07, 6.45) is 3.69. The zero-order chi connectivity index (χ0) is 15.2. The number of halogens is 1. The average Bonchev–Trinajstić information content (AvgIpc) is 2.47. The summed E-state index contributed by atoms with van der Waals surface area (Å²) in [6.45, 7) is 0.685. The molecular weight excluding hydrogens is 273 g/mol. The molecule has 0 saturated carbocycles. The Labute approximate surface area is 123 Å². The number of carboxylic acid groups (broad SMARTS) is 1. The van der Waals surface area contributed by atoms with Crippen LogP contribution in [0.5, 0.6) is 0 Å². The van der Waals surface area contributed by atoms with E-state index < -0.39 is 5.97 Å². The lowest BCUT2D eigenvalue weighted by molar-refractivity contribution is -0.139. The highest BCUT2D eigenvalue weighted by atomic mass is 19.1. The number of carbonyl (C=O) groups excluding carboxylic acids is 1. The van der Waals surface area contributed by atoms with Gasteiger partial charge in [-0.15, -0.1) is 0 Å². The minimum Gasteiger partial charge on any atom is -0.481 e. The molecule has 1 unspecified atom stereocenters. The number of hydrogen-bond acceptors (Lipinski definition) is 2. The van der Waals surface area contributed by atoms with Gasteiger partial charge in [-0.1, -0.05) is 12.1 Å². The smallest absolute Gasteiger partial charge is 0.303 e. The Hall–Kier alpha value is -1.91. The van der Waals surface area contributed by atoms with E-state index in [4.69, 9.17) is 5.11 Å². The van der Waals surface area contributed by atoms with Crippen LogP contribution in [0.25, 0.3) is 0 Å². The molecule has 1 aliphatic rings. The molecule has 1 aliphatic heterocycles. The zero-order valence-corrected chi connectivity index (χ0v) is 11.9. The van der Waals surface area contributed by atoms with Crippen molar-refractivity contribution < 1.29 is 19.1 Å². The number of piperidine rings is 1. The van der Waals surface area contributed by atoms with Crippen molar-refractivity contribution in [3.05, 3.63) is 35.6 Å². The summed E-state index contributed by atoms with van der Waals surface area (Å²) in [4.78, 5) is 24.9. The molecule has 0 aliphatic carbocycles. The summed E-state index contributed by atoms with van der Waals surface area (Å²) in [5.41, 5.74) is 0.781. The Morgan fingerprint density at radius 1 is 1.24 bits per heavy atom. The second kappa shape index (κ2) is 7.20. The van der Waals surface area contributed by atoms with Crippen LogP contribution < -0.4 is 0 Å². The van der Waals surface area contributed by atoms with E-state index in [1.165, 1.54) is 12.1 Å². The molecule has 1 aromatic rings. The Balaban J connectivity index is 1.97. The Morgan fingerprint density at radius 3 is 2.62 bits per heavy atom. The highest BCUT2D eigenvalue weighted by Crippen LogP contribution is 2.22. The van der Waals surface area contributed by atoms with E-state index in [2.05, 4.69) is 0 Å². The first-order chi connectivity index (χ1) is 10.1. The third-order valence-electron chi connectivity index (χ3n) is 3.91. The molecule has 1 saturated heterocycles. The van der Waals surface area contributed by atoms with Crippen molar-refractivity contribution in [3.8, 4) is 0 Å². The fourth-order valence-electron chi connectivity index (χ4n) is 2.80. The van der Waals surface area contributed by atoms with E-state index >= 15 is 0 Å². The van der Waals surface area contributed by atoms with Gasteiger partial charge in [0.1, 0.15) is 5.82 Å². The van der Waals surface area contributed by atoms with E-state index in [-0.39, 0.29) is 30.6 Å². The van der Waals surface area contributed by atoms with Crippen LogP contribution in [0.3, 0.4) is 0 Å². The lowest BCUT2D eigenvalue weighted by atomic mass is 9.97. The van der Waals surface area contributed by atoms with Crippen molar-refractivity contribution in [2.75, 3.05) is 6.54 Å². The largest absolute Gasteiger partial charge is 0.481 e.